The Morgan fingerprint density at radius 2 is 1.11 bits per heavy atom. The first-order valence-corrected chi connectivity index (χ1v) is 15.8. The van der Waals surface area contributed by atoms with Gasteiger partial charge in [0.25, 0.3) is 0 Å². The van der Waals surface area contributed by atoms with E-state index in [1.54, 1.807) is 62.4 Å². The maximum absolute atomic E-state index is 13.3. The van der Waals surface area contributed by atoms with Crippen LogP contribution in [0, 0.1) is 13.8 Å². The van der Waals surface area contributed by atoms with Crippen LogP contribution in [0.4, 0.5) is 0 Å². The fraction of sp³-hybridized carbons (Fsp3) is 0.379. The monoisotopic (exact) mass is 557 g/mol. The van der Waals surface area contributed by atoms with E-state index in [4.69, 9.17) is 8.37 Å². The predicted molar refractivity (Wildman–Crippen MR) is 148 cm³/mol. The van der Waals surface area contributed by atoms with Crippen LogP contribution in [-0.2, 0) is 33.1 Å². The second-order valence-corrected chi connectivity index (χ2v) is 12.8. The summed E-state index contributed by atoms with van der Waals surface area (Å²) in [6, 6.07) is 16.5. The molecule has 3 aromatic carbocycles. The molecule has 38 heavy (non-hydrogen) atoms. The van der Waals surface area contributed by atoms with Gasteiger partial charge in [0, 0.05) is 6.04 Å². The first-order valence-electron chi connectivity index (χ1n) is 13.0. The molecule has 3 aromatic rings. The summed E-state index contributed by atoms with van der Waals surface area (Å²) in [7, 11) is -8.49. The number of aryl methyl sites for hydroxylation is 2. The molecule has 0 unspecified atom stereocenters. The van der Waals surface area contributed by atoms with Gasteiger partial charge >= 0.3 is 20.2 Å². The maximum atomic E-state index is 13.3. The second-order valence-electron chi connectivity index (χ2n) is 9.77. The summed E-state index contributed by atoms with van der Waals surface area (Å²) < 4.78 is 64.3. The Balaban J connectivity index is 1.76. The summed E-state index contributed by atoms with van der Waals surface area (Å²) in [6.45, 7) is 9.58. The van der Waals surface area contributed by atoms with Crippen molar-refractivity contribution < 1.29 is 25.2 Å². The number of benzene rings is 3. The summed E-state index contributed by atoms with van der Waals surface area (Å²) in [5, 5.41) is 0. The Labute approximate surface area is 226 Å². The topological polar surface area (TPSA) is 90.0 Å². The minimum absolute atomic E-state index is 0.0168. The lowest BCUT2D eigenvalue weighted by molar-refractivity contribution is 0.202. The molecule has 0 spiro atoms. The van der Waals surface area contributed by atoms with Crippen molar-refractivity contribution in [2.24, 2.45) is 0 Å². The van der Waals surface area contributed by atoms with Gasteiger partial charge in [0.2, 0.25) is 0 Å². The van der Waals surface area contributed by atoms with Crippen LogP contribution in [0.1, 0.15) is 48.9 Å². The van der Waals surface area contributed by atoms with Crippen molar-refractivity contribution in [2.45, 2.75) is 69.2 Å². The van der Waals surface area contributed by atoms with Gasteiger partial charge in [-0.15, -0.1) is 0 Å². The smallest absolute Gasteiger partial charge is 0.339 e. The molecule has 9 heteroatoms. The lowest BCUT2D eigenvalue weighted by atomic mass is 10.1. The maximum Gasteiger partial charge on any atom is 0.339 e. The van der Waals surface area contributed by atoms with Gasteiger partial charge in [0.15, 0.2) is 11.5 Å². The quantitative estimate of drug-likeness (QED) is 0.291. The molecule has 0 saturated heterocycles. The molecule has 0 bridgehead atoms. The van der Waals surface area contributed by atoms with Gasteiger partial charge in [-0.1, -0.05) is 50.2 Å². The van der Waals surface area contributed by atoms with E-state index in [9.17, 15) is 16.8 Å². The van der Waals surface area contributed by atoms with Gasteiger partial charge in [-0.05, 0) is 99.1 Å². The van der Waals surface area contributed by atoms with Crippen molar-refractivity contribution in [1.82, 2.24) is 4.90 Å². The molecule has 0 aliphatic heterocycles. The van der Waals surface area contributed by atoms with Crippen LogP contribution in [0.5, 0.6) is 11.5 Å². The Hall–Kier alpha value is -2.88. The van der Waals surface area contributed by atoms with E-state index in [0.29, 0.717) is 11.1 Å². The van der Waals surface area contributed by atoms with E-state index >= 15 is 0 Å². The summed E-state index contributed by atoms with van der Waals surface area (Å²) >= 11 is 0. The molecule has 7 nitrogen and oxygen atoms in total. The number of hydrogen-bond acceptors (Lipinski definition) is 7. The molecule has 0 N–H and O–H groups in total. The molecule has 0 amide bonds. The van der Waals surface area contributed by atoms with E-state index in [1.165, 1.54) is 12.1 Å². The molecular weight excluding hydrogens is 522 g/mol. The van der Waals surface area contributed by atoms with E-state index in [0.717, 1.165) is 49.9 Å². The standard InChI is InChI=1S/C29H35NO6S2/c1-5-15-30(16-6-2)25-17-23-19-26(35-37(31,32)28-13-9-7-11-21(28)3)27(20-24(23)18-25)36-38(33,34)29-14-10-8-12-22(29)4/h7-14,19-20,25H,5-6,15-18H2,1-4H3. The molecule has 0 aromatic heterocycles. The zero-order valence-corrected chi connectivity index (χ0v) is 23.9. The number of rotatable bonds is 11. The lowest BCUT2D eigenvalue weighted by Gasteiger charge is -2.27. The highest BCUT2D eigenvalue weighted by Crippen LogP contribution is 2.39. The normalized spacial score (nSPS) is 14.0. The van der Waals surface area contributed by atoms with Gasteiger partial charge in [-0.25, -0.2) is 0 Å². The predicted octanol–water partition coefficient (Wildman–Crippen LogP) is 5.43. The molecule has 0 radical (unpaired) electrons. The van der Waals surface area contributed by atoms with Crippen molar-refractivity contribution in [2.75, 3.05) is 13.1 Å². The minimum atomic E-state index is -4.24. The van der Waals surface area contributed by atoms with Gasteiger partial charge in [0.05, 0.1) is 0 Å². The third kappa shape index (κ3) is 6.06. The van der Waals surface area contributed by atoms with Crippen molar-refractivity contribution in [3.05, 3.63) is 82.9 Å². The van der Waals surface area contributed by atoms with Crippen molar-refractivity contribution in [3.8, 4) is 11.5 Å². The molecular formula is C29H35NO6S2. The largest absolute Gasteiger partial charge is 0.375 e. The molecule has 0 atom stereocenters. The fourth-order valence-corrected chi connectivity index (χ4v) is 7.37. The highest BCUT2D eigenvalue weighted by atomic mass is 32.2. The summed E-state index contributed by atoms with van der Waals surface area (Å²) in [5.74, 6) is -0.273. The van der Waals surface area contributed by atoms with Crippen LogP contribution in [-0.4, -0.2) is 40.9 Å². The average molecular weight is 558 g/mol. The van der Waals surface area contributed by atoms with Crippen LogP contribution in [0.25, 0.3) is 0 Å². The van der Waals surface area contributed by atoms with Gasteiger partial charge in [-0.2, -0.15) is 16.8 Å². The Morgan fingerprint density at radius 1 is 0.711 bits per heavy atom. The highest BCUT2D eigenvalue weighted by molar-refractivity contribution is 7.87. The third-order valence-corrected chi connectivity index (χ3v) is 9.63. The third-order valence-electron chi connectivity index (χ3n) is 6.84. The average Bonchev–Trinajstić information content (AvgIpc) is 3.26. The van der Waals surface area contributed by atoms with Gasteiger partial charge in [0.1, 0.15) is 9.79 Å². The summed E-state index contributed by atoms with van der Waals surface area (Å²) in [4.78, 5) is 2.47. The van der Waals surface area contributed by atoms with Crippen LogP contribution in [0.2, 0.25) is 0 Å². The Kier molecular flexibility index (Phi) is 8.49. The number of nitrogens with zero attached hydrogens (tertiary/aromatic N) is 1. The lowest BCUT2D eigenvalue weighted by Crippen LogP contribution is -2.37. The number of hydrogen-bond donors (Lipinski definition) is 0. The van der Waals surface area contributed by atoms with Gasteiger partial charge < -0.3 is 8.37 Å². The zero-order chi connectivity index (χ0) is 27.5. The van der Waals surface area contributed by atoms with Crippen LogP contribution >= 0.6 is 0 Å². The SMILES string of the molecule is CCCN(CCC)C1Cc2cc(OS(=O)(=O)c3ccccc3C)c(OS(=O)(=O)c3ccccc3C)cc2C1. The first kappa shape index (κ1) is 28.1. The van der Waals surface area contributed by atoms with E-state index in [-0.39, 0.29) is 27.3 Å². The summed E-state index contributed by atoms with van der Waals surface area (Å²) in [5.41, 5.74) is 2.92. The van der Waals surface area contributed by atoms with Gasteiger partial charge in [-0.3, -0.25) is 4.90 Å². The van der Waals surface area contributed by atoms with Crippen molar-refractivity contribution >= 4 is 20.2 Å². The number of fused-ring (bicyclic) bond motifs is 1. The first-order chi connectivity index (χ1) is 18.1. The second kappa shape index (κ2) is 11.5. The van der Waals surface area contributed by atoms with E-state index in [1.807, 2.05) is 0 Å². The van der Waals surface area contributed by atoms with E-state index < -0.39 is 20.2 Å². The molecule has 0 fully saturated rings. The molecule has 204 valence electrons. The minimum Gasteiger partial charge on any atom is -0.375 e. The van der Waals surface area contributed by atoms with E-state index in [2.05, 4.69) is 18.7 Å². The highest BCUT2D eigenvalue weighted by Gasteiger charge is 2.31. The molecule has 1 aliphatic rings. The Bertz CT molecular complexity index is 1400. The van der Waals surface area contributed by atoms with Crippen LogP contribution in [0.3, 0.4) is 0 Å². The van der Waals surface area contributed by atoms with Crippen molar-refractivity contribution in [1.29, 1.82) is 0 Å². The Morgan fingerprint density at radius 3 is 1.47 bits per heavy atom. The van der Waals surface area contributed by atoms with Crippen LogP contribution < -0.4 is 8.37 Å². The summed E-state index contributed by atoms with van der Waals surface area (Å²) in [6.07, 6.45) is 3.50. The van der Waals surface area contributed by atoms with Crippen LogP contribution in [0.15, 0.2) is 70.5 Å². The zero-order valence-electron chi connectivity index (χ0n) is 22.3. The van der Waals surface area contributed by atoms with Crippen molar-refractivity contribution in [3.63, 3.8) is 0 Å². The molecule has 4 rings (SSSR count). The molecule has 1 aliphatic carbocycles. The fourth-order valence-electron chi connectivity index (χ4n) is 5.04. The molecule has 0 heterocycles. The molecule has 0 saturated carbocycles.